The van der Waals surface area contributed by atoms with Crippen molar-refractivity contribution < 1.29 is 9.21 Å². The quantitative estimate of drug-likeness (QED) is 0.455. The van der Waals surface area contributed by atoms with Gasteiger partial charge < -0.3 is 20.4 Å². The Hall–Kier alpha value is -3.85. The molecular formula is C22H21N7O2. The van der Waals surface area contributed by atoms with E-state index in [0.717, 1.165) is 42.4 Å². The first kappa shape index (κ1) is 19.1. The fourth-order valence-electron chi connectivity index (χ4n) is 3.63. The lowest BCUT2D eigenvalue weighted by Crippen LogP contribution is -2.35. The van der Waals surface area contributed by atoms with E-state index in [9.17, 15) is 4.79 Å². The molecule has 0 spiro atoms. The summed E-state index contributed by atoms with van der Waals surface area (Å²) >= 11 is 0. The van der Waals surface area contributed by atoms with Gasteiger partial charge in [0, 0.05) is 28.8 Å². The molecule has 1 aromatic carbocycles. The highest BCUT2D eigenvalue weighted by atomic mass is 16.3. The summed E-state index contributed by atoms with van der Waals surface area (Å²) in [5.41, 5.74) is 2.10. The van der Waals surface area contributed by atoms with E-state index in [1.54, 1.807) is 30.6 Å². The summed E-state index contributed by atoms with van der Waals surface area (Å²) in [6, 6.07) is 11.3. The SMILES string of the molecule is O=C(Nc1cc2cc(-c3cnco3)ccc2nn1)c1ccnc(NC2CCNCC2)c1. The van der Waals surface area contributed by atoms with Crippen LogP contribution in [0.15, 0.2) is 59.6 Å². The first-order valence-electron chi connectivity index (χ1n) is 10.2. The minimum absolute atomic E-state index is 0.268. The predicted molar refractivity (Wildman–Crippen MR) is 117 cm³/mol. The van der Waals surface area contributed by atoms with Crippen LogP contribution in [0.25, 0.3) is 22.2 Å². The Labute approximate surface area is 178 Å². The maximum atomic E-state index is 12.8. The molecule has 0 unspecified atom stereocenters. The van der Waals surface area contributed by atoms with Gasteiger partial charge in [-0.05, 0) is 62.3 Å². The van der Waals surface area contributed by atoms with Crippen LogP contribution >= 0.6 is 0 Å². The van der Waals surface area contributed by atoms with Crippen molar-refractivity contribution in [2.45, 2.75) is 18.9 Å². The lowest BCUT2D eigenvalue weighted by atomic mass is 10.1. The second-order valence-corrected chi connectivity index (χ2v) is 7.42. The molecule has 0 atom stereocenters. The predicted octanol–water partition coefficient (Wildman–Crippen LogP) is 3.10. The van der Waals surface area contributed by atoms with Gasteiger partial charge in [-0.15, -0.1) is 10.2 Å². The molecule has 0 aliphatic carbocycles. The van der Waals surface area contributed by atoms with E-state index in [4.69, 9.17) is 4.42 Å². The standard InChI is InChI=1S/C22H21N7O2/c30-22(15-3-8-25-20(10-15)26-17-4-6-23-7-5-17)27-21-11-16-9-14(19-12-24-13-31-19)1-2-18(16)28-29-21/h1-3,8-13,17,23H,4-7H2,(H,25,26)(H,27,29,30). The summed E-state index contributed by atoms with van der Waals surface area (Å²) in [7, 11) is 0. The Balaban J connectivity index is 1.33. The van der Waals surface area contributed by atoms with Gasteiger partial charge in [-0.3, -0.25) is 4.79 Å². The van der Waals surface area contributed by atoms with Gasteiger partial charge in [0.15, 0.2) is 18.0 Å². The van der Waals surface area contributed by atoms with Crippen LogP contribution in [-0.2, 0) is 0 Å². The highest BCUT2D eigenvalue weighted by Gasteiger charge is 2.15. The van der Waals surface area contributed by atoms with Crippen LogP contribution in [0.3, 0.4) is 0 Å². The van der Waals surface area contributed by atoms with Gasteiger partial charge in [-0.25, -0.2) is 9.97 Å². The smallest absolute Gasteiger partial charge is 0.257 e. The third kappa shape index (κ3) is 4.36. The summed E-state index contributed by atoms with van der Waals surface area (Å²) < 4.78 is 5.35. The minimum Gasteiger partial charge on any atom is -0.444 e. The molecule has 31 heavy (non-hydrogen) atoms. The van der Waals surface area contributed by atoms with Gasteiger partial charge in [-0.1, -0.05) is 0 Å². The molecule has 1 amide bonds. The average molecular weight is 415 g/mol. The van der Waals surface area contributed by atoms with Crippen molar-refractivity contribution in [1.82, 2.24) is 25.5 Å². The largest absolute Gasteiger partial charge is 0.444 e. The number of oxazole rings is 1. The number of hydrogen-bond donors (Lipinski definition) is 3. The number of carbonyl (C=O) groups excluding carboxylic acids is 1. The first-order valence-corrected chi connectivity index (χ1v) is 10.2. The third-order valence-corrected chi connectivity index (χ3v) is 5.26. The number of benzene rings is 1. The lowest BCUT2D eigenvalue weighted by molar-refractivity contribution is 0.102. The average Bonchev–Trinajstić information content (AvgIpc) is 3.34. The zero-order valence-electron chi connectivity index (χ0n) is 16.7. The zero-order valence-corrected chi connectivity index (χ0v) is 16.7. The number of piperidine rings is 1. The maximum Gasteiger partial charge on any atom is 0.257 e. The molecule has 4 heterocycles. The molecule has 9 heteroatoms. The van der Waals surface area contributed by atoms with Gasteiger partial charge in [0.05, 0.1) is 11.7 Å². The molecule has 3 aromatic heterocycles. The zero-order chi connectivity index (χ0) is 21.0. The van der Waals surface area contributed by atoms with Crippen molar-refractivity contribution in [3.63, 3.8) is 0 Å². The summed E-state index contributed by atoms with van der Waals surface area (Å²) in [5, 5.41) is 18.7. The number of rotatable bonds is 5. The van der Waals surface area contributed by atoms with Crippen molar-refractivity contribution in [3.05, 3.63) is 60.7 Å². The number of nitrogens with one attached hydrogen (secondary N) is 3. The van der Waals surface area contributed by atoms with E-state index < -0.39 is 0 Å². The normalized spacial score (nSPS) is 14.5. The van der Waals surface area contributed by atoms with Gasteiger partial charge >= 0.3 is 0 Å². The third-order valence-electron chi connectivity index (χ3n) is 5.26. The molecular weight excluding hydrogens is 394 g/mol. The van der Waals surface area contributed by atoms with Crippen LogP contribution in [0.1, 0.15) is 23.2 Å². The van der Waals surface area contributed by atoms with Crippen LogP contribution < -0.4 is 16.0 Å². The molecule has 3 N–H and O–H groups in total. The molecule has 1 fully saturated rings. The number of hydrogen-bond acceptors (Lipinski definition) is 8. The number of carbonyl (C=O) groups is 1. The lowest BCUT2D eigenvalue weighted by Gasteiger charge is -2.24. The molecule has 1 aliphatic heterocycles. The number of amides is 1. The van der Waals surface area contributed by atoms with Gasteiger partial charge in [-0.2, -0.15) is 0 Å². The van der Waals surface area contributed by atoms with Gasteiger partial charge in [0.1, 0.15) is 5.82 Å². The molecule has 0 saturated carbocycles. The molecule has 1 aliphatic rings. The van der Waals surface area contributed by atoms with E-state index in [0.29, 0.717) is 29.0 Å². The van der Waals surface area contributed by atoms with Crippen LogP contribution in [-0.4, -0.2) is 45.2 Å². The van der Waals surface area contributed by atoms with E-state index in [1.165, 1.54) is 6.39 Å². The summed E-state index contributed by atoms with van der Waals surface area (Å²) in [6.45, 7) is 1.97. The highest BCUT2D eigenvalue weighted by molar-refractivity contribution is 6.04. The second kappa shape index (κ2) is 8.49. The fraction of sp³-hybridized carbons (Fsp3) is 0.227. The molecule has 4 aromatic rings. The van der Waals surface area contributed by atoms with E-state index >= 15 is 0 Å². The Bertz CT molecular complexity index is 1200. The molecule has 9 nitrogen and oxygen atoms in total. The minimum atomic E-state index is -0.268. The van der Waals surface area contributed by atoms with Crippen molar-refractivity contribution in [2.75, 3.05) is 23.7 Å². The summed E-state index contributed by atoms with van der Waals surface area (Å²) in [5.74, 6) is 1.46. The van der Waals surface area contributed by atoms with Crippen molar-refractivity contribution in [2.24, 2.45) is 0 Å². The molecule has 0 bridgehead atoms. The van der Waals surface area contributed by atoms with Gasteiger partial charge in [0.2, 0.25) is 0 Å². The number of anilines is 2. The number of nitrogens with zero attached hydrogens (tertiary/aromatic N) is 4. The van der Waals surface area contributed by atoms with Crippen LogP contribution in [0, 0.1) is 0 Å². The molecule has 5 rings (SSSR count). The van der Waals surface area contributed by atoms with E-state index in [1.807, 2.05) is 18.2 Å². The topological polar surface area (TPSA) is 118 Å². The van der Waals surface area contributed by atoms with E-state index in [-0.39, 0.29) is 5.91 Å². The Morgan fingerprint density at radius 2 is 1.97 bits per heavy atom. The Morgan fingerprint density at radius 3 is 2.81 bits per heavy atom. The number of aromatic nitrogens is 4. The van der Waals surface area contributed by atoms with E-state index in [2.05, 4.69) is 36.1 Å². The second-order valence-electron chi connectivity index (χ2n) is 7.42. The Morgan fingerprint density at radius 1 is 1.06 bits per heavy atom. The molecule has 156 valence electrons. The number of fused-ring (bicyclic) bond motifs is 1. The summed E-state index contributed by atoms with van der Waals surface area (Å²) in [4.78, 5) is 21.1. The monoisotopic (exact) mass is 415 g/mol. The first-order chi connectivity index (χ1) is 15.2. The number of pyridine rings is 1. The summed E-state index contributed by atoms with van der Waals surface area (Å²) in [6.07, 6.45) is 6.73. The van der Waals surface area contributed by atoms with Crippen molar-refractivity contribution in [1.29, 1.82) is 0 Å². The van der Waals surface area contributed by atoms with Crippen LogP contribution in [0.2, 0.25) is 0 Å². The Kier molecular flexibility index (Phi) is 5.24. The molecule has 0 radical (unpaired) electrons. The van der Waals surface area contributed by atoms with Crippen LogP contribution in [0.5, 0.6) is 0 Å². The maximum absolute atomic E-state index is 12.8. The van der Waals surface area contributed by atoms with Gasteiger partial charge in [0.25, 0.3) is 5.91 Å². The van der Waals surface area contributed by atoms with Crippen LogP contribution in [0.4, 0.5) is 11.6 Å². The van der Waals surface area contributed by atoms with Crippen molar-refractivity contribution in [3.8, 4) is 11.3 Å². The molecule has 1 saturated heterocycles. The van der Waals surface area contributed by atoms with Crippen molar-refractivity contribution >= 4 is 28.4 Å². The fourth-order valence-corrected chi connectivity index (χ4v) is 3.63. The highest BCUT2D eigenvalue weighted by Crippen LogP contribution is 2.24.